The van der Waals surface area contributed by atoms with Crippen LogP contribution in [0.3, 0.4) is 0 Å². The Morgan fingerprint density at radius 3 is 2.50 bits per heavy atom. The smallest absolute Gasteiger partial charge is 0.405 e. The summed E-state index contributed by atoms with van der Waals surface area (Å²) in [7, 11) is 0. The summed E-state index contributed by atoms with van der Waals surface area (Å²) in [5, 5.41) is 0. The molecular weight excluding hydrogens is 154 g/mol. The van der Waals surface area contributed by atoms with Crippen LogP contribution in [0.15, 0.2) is 30.3 Å². The van der Waals surface area contributed by atoms with Crippen LogP contribution >= 0.6 is 0 Å². The molecular formula is C9H11NO2. The van der Waals surface area contributed by atoms with Crippen LogP contribution in [0.5, 0.6) is 0 Å². The Labute approximate surface area is 71.1 Å². The molecule has 3 heteroatoms. The van der Waals surface area contributed by atoms with Crippen molar-refractivity contribution in [2.45, 2.75) is 13.0 Å². The summed E-state index contributed by atoms with van der Waals surface area (Å²) >= 11 is 0. The molecule has 1 aromatic rings. The Morgan fingerprint density at radius 1 is 1.42 bits per heavy atom. The van der Waals surface area contributed by atoms with Crippen LogP contribution in [0.1, 0.15) is 18.6 Å². The Bertz CT molecular complexity index is 258. The molecule has 12 heavy (non-hydrogen) atoms. The SMILES string of the molecule is CC(OC(N)=O)c1ccccc1. The molecule has 0 aliphatic carbocycles. The first kappa shape index (κ1) is 8.59. The number of rotatable bonds is 2. The molecule has 0 radical (unpaired) electrons. The van der Waals surface area contributed by atoms with Crippen LogP contribution in [-0.2, 0) is 4.74 Å². The second kappa shape index (κ2) is 3.76. The first-order valence-electron chi connectivity index (χ1n) is 3.71. The average molecular weight is 165 g/mol. The van der Waals surface area contributed by atoms with E-state index in [-0.39, 0.29) is 6.10 Å². The number of carbonyl (C=O) groups is 1. The fourth-order valence-corrected chi connectivity index (χ4v) is 0.966. The largest absolute Gasteiger partial charge is 0.442 e. The van der Waals surface area contributed by atoms with E-state index >= 15 is 0 Å². The molecule has 0 heterocycles. The summed E-state index contributed by atoms with van der Waals surface area (Å²) in [6, 6.07) is 9.44. The molecule has 0 aliphatic heterocycles. The van der Waals surface area contributed by atoms with Crippen LogP contribution in [0.25, 0.3) is 0 Å². The van der Waals surface area contributed by atoms with Gasteiger partial charge >= 0.3 is 6.09 Å². The maximum Gasteiger partial charge on any atom is 0.405 e. The molecule has 0 spiro atoms. The summed E-state index contributed by atoms with van der Waals surface area (Å²) in [4.78, 5) is 10.4. The van der Waals surface area contributed by atoms with Crippen molar-refractivity contribution in [1.82, 2.24) is 0 Å². The van der Waals surface area contributed by atoms with E-state index in [9.17, 15) is 4.79 Å². The van der Waals surface area contributed by atoms with Crippen LogP contribution in [-0.4, -0.2) is 6.09 Å². The number of nitrogens with two attached hydrogens (primary N) is 1. The number of amides is 1. The number of hydrogen-bond donors (Lipinski definition) is 1. The summed E-state index contributed by atoms with van der Waals surface area (Å²) in [5.41, 5.74) is 5.81. The Balaban J connectivity index is 2.65. The van der Waals surface area contributed by atoms with Crippen LogP contribution in [0.4, 0.5) is 4.79 Å². The first-order valence-corrected chi connectivity index (χ1v) is 3.71. The van der Waals surface area contributed by atoms with E-state index in [1.54, 1.807) is 6.92 Å². The first-order chi connectivity index (χ1) is 5.70. The lowest BCUT2D eigenvalue weighted by atomic mass is 10.1. The second-order valence-electron chi connectivity index (χ2n) is 2.49. The van der Waals surface area contributed by atoms with E-state index in [1.807, 2.05) is 30.3 Å². The molecule has 0 fully saturated rings. The zero-order valence-corrected chi connectivity index (χ0v) is 6.86. The van der Waals surface area contributed by atoms with Crippen molar-refractivity contribution < 1.29 is 9.53 Å². The summed E-state index contributed by atoms with van der Waals surface area (Å²) in [6.45, 7) is 1.78. The molecule has 0 saturated heterocycles. The van der Waals surface area contributed by atoms with E-state index in [0.717, 1.165) is 5.56 Å². The Hall–Kier alpha value is -1.51. The third-order valence-electron chi connectivity index (χ3n) is 1.56. The van der Waals surface area contributed by atoms with Crippen molar-refractivity contribution in [2.75, 3.05) is 0 Å². The van der Waals surface area contributed by atoms with Gasteiger partial charge in [-0.05, 0) is 12.5 Å². The van der Waals surface area contributed by atoms with Gasteiger partial charge in [-0.15, -0.1) is 0 Å². The molecule has 0 aliphatic rings. The van der Waals surface area contributed by atoms with Gasteiger partial charge in [0.1, 0.15) is 6.10 Å². The highest BCUT2D eigenvalue weighted by Crippen LogP contribution is 2.14. The molecule has 0 saturated carbocycles. The van der Waals surface area contributed by atoms with Gasteiger partial charge in [-0.3, -0.25) is 0 Å². The highest BCUT2D eigenvalue weighted by Gasteiger charge is 2.06. The standard InChI is InChI=1S/C9H11NO2/c1-7(12-9(10)11)8-5-3-2-4-6-8/h2-7H,1H3,(H2,10,11). The lowest BCUT2D eigenvalue weighted by Gasteiger charge is -2.10. The predicted octanol–water partition coefficient (Wildman–Crippen LogP) is 1.84. The van der Waals surface area contributed by atoms with Gasteiger partial charge < -0.3 is 10.5 Å². The van der Waals surface area contributed by atoms with Crippen LogP contribution in [0.2, 0.25) is 0 Å². The van der Waals surface area contributed by atoms with Crippen LogP contribution < -0.4 is 5.73 Å². The van der Waals surface area contributed by atoms with E-state index < -0.39 is 6.09 Å². The number of ether oxygens (including phenoxy) is 1. The van der Waals surface area contributed by atoms with Crippen molar-refractivity contribution in [3.05, 3.63) is 35.9 Å². The quantitative estimate of drug-likeness (QED) is 0.726. The predicted molar refractivity (Wildman–Crippen MR) is 45.5 cm³/mol. The summed E-state index contributed by atoms with van der Waals surface area (Å²) in [5.74, 6) is 0. The molecule has 1 amide bonds. The topological polar surface area (TPSA) is 52.3 Å². The fourth-order valence-electron chi connectivity index (χ4n) is 0.966. The van der Waals surface area contributed by atoms with Gasteiger partial charge in [0.2, 0.25) is 0 Å². The molecule has 2 N–H and O–H groups in total. The number of benzene rings is 1. The molecule has 1 aromatic carbocycles. The van der Waals surface area contributed by atoms with E-state index in [1.165, 1.54) is 0 Å². The lowest BCUT2D eigenvalue weighted by Crippen LogP contribution is -2.15. The van der Waals surface area contributed by atoms with Crippen molar-refractivity contribution in [2.24, 2.45) is 5.73 Å². The minimum absolute atomic E-state index is 0.274. The molecule has 64 valence electrons. The zero-order valence-electron chi connectivity index (χ0n) is 6.86. The summed E-state index contributed by atoms with van der Waals surface area (Å²) < 4.78 is 4.78. The number of primary amides is 1. The third kappa shape index (κ3) is 2.27. The highest BCUT2D eigenvalue weighted by atomic mass is 16.6. The minimum Gasteiger partial charge on any atom is -0.442 e. The number of hydrogen-bond acceptors (Lipinski definition) is 2. The second-order valence-corrected chi connectivity index (χ2v) is 2.49. The van der Waals surface area contributed by atoms with Crippen molar-refractivity contribution in [3.8, 4) is 0 Å². The van der Waals surface area contributed by atoms with Gasteiger partial charge in [-0.2, -0.15) is 0 Å². The van der Waals surface area contributed by atoms with Gasteiger partial charge in [0.05, 0.1) is 0 Å². The van der Waals surface area contributed by atoms with Crippen molar-refractivity contribution in [1.29, 1.82) is 0 Å². The normalized spacial score (nSPS) is 12.1. The Kier molecular flexibility index (Phi) is 2.69. The molecule has 1 rings (SSSR count). The average Bonchev–Trinajstić information content (AvgIpc) is 2.05. The van der Waals surface area contributed by atoms with Gasteiger partial charge in [0, 0.05) is 0 Å². The molecule has 0 aromatic heterocycles. The maximum atomic E-state index is 10.4. The van der Waals surface area contributed by atoms with Gasteiger partial charge in [-0.25, -0.2) is 4.79 Å². The molecule has 1 unspecified atom stereocenters. The fraction of sp³-hybridized carbons (Fsp3) is 0.222. The van der Waals surface area contributed by atoms with Gasteiger partial charge in [0.15, 0.2) is 0 Å². The molecule has 3 nitrogen and oxygen atoms in total. The van der Waals surface area contributed by atoms with E-state index in [0.29, 0.717) is 0 Å². The summed E-state index contributed by atoms with van der Waals surface area (Å²) in [6.07, 6.45) is -1.02. The van der Waals surface area contributed by atoms with Crippen LogP contribution in [0, 0.1) is 0 Å². The van der Waals surface area contributed by atoms with Crippen molar-refractivity contribution in [3.63, 3.8) is 0 Å². The maximum absolute atomic E-state index is 10.4. The van der Waals surface area contributed by atoms with Crippen molar-refractivity contribution >= 4 is 6.09 Å². The minimum atomic E-state index is -0.744. The molecule has 1 atom stereocenters. The van der Waals surface area contributed by atoms with Gasteiger partial charge in [0.25, 0.3) is 0 Å². The zero-order chi connectivity index (χ0) is 8.97. The number of carbonyl (C=O) groups excluding carboxylic acids is 1. The Morgan fingerprint density at radius 2 is 2.00 bits per heavy atom. The van der Waals surface area contributed by atoms with E-state index in [4.69, 9.17) is 10.5 Å². The third-order valence-corrected chi connectivity index (χ3v) is 1.56. The molecule has 0 bridgehead atoms. The van der Waals surface area contributed by atoms with Gasteiger partial charge in [-0.1, -0.05) is 30.3 Å². The highest BCUT2D eigenvalue weighted by molar-refractivity contribution is 5.64. The van der Waals surface area contributed by atoms with E-state index in [2.05, 4.69) is 0 Å². The lowest BCUT2D eigenvalue weighted by molar-refractivity contribution is 0.116. The monoisotopic (exact) mass is 165 g/mol.